The van der Waals surface area contributed by atoms with Gasteiger partial charge in [-0.05, 0) is 75.4 Å². The van der Waals surface area contributed by atoms with E-state index in [1.54, 1.807) is 20.0 Å². The molecule has 0 bridgehead atoms. The molecule has 2 aliphatic rings. The van der Waals surface area contributed by atoms with Gasteiger partial charge in [0.25, 0.3) is 6.71 Å². The lowest BCUT2D eigenvalue weighted by atomic mass is 9.38. The summed E-state index contributed by atoms with van der Waals surface area (Å²) in [5, 5.41) is 5.62. The van der Waals surface area contributed by atoms with Crippen molar-refractivity contribution in [1.82, 2.24) is 4.57 Å². The lowest BCUT2D eigenvalue weighted by Gasteiger charge is -2.43. The van der Waals surface area contributed by atoms with E-state index in [4.69, 9.17) is 0 Å². The molecule has 8 rings (SSSR count). The SMILES string of the molecule is Cc1c(C)n2c3c(cc4ccccc4c13)B1c3sc4ccccc4c3S(C)(C)c3cccc-2c31. The molecule has 0 saturated carbocycles. The van der Waals surface area contributed by atoms with Gasteiger partial charge in [0.2, 0.25) is 0 Å². The molecule has 0 atom stereocenters. The summed E-state index contributed by atoms with van der Waals surface area (Å²) in [4.78, 5) is 3.17. The van der Waals surface area contributed by atoms with Crippen LogP contribution in [0.3, 0.4) is 0 Å². The molecular formula is C30H24BNS2. The van der Waals surface area contributed by atoms with Gasteiger partial charge in [-0.25, -0.2) is 0 Å². The second-order valence-electron chi connectivity index (χ2n) is 10.2. The van der Waals surface area contributed by atoms with E-state index in [0.29, 0.717) is 6.71 Å². The number of rotatable bonds is 0. The predicted octanol–water partition coefficient (Wildman–Crippen LogP) is 6.24. The van der Waals surface area contributed by atoms with Crippen molar-refractivity contribution in [2.24, 2.45) is 0 Å². The molecule has 0 spiro atoms. The van der Waals surface area contributed by atoms with Crippen LogP contribution in [0.4, 0.5) is 0 Å². The van der Waals surface area contributed by atoms with Crippen LogP contribution >= 0.6 is 21.4 Å². The highest BCUT2D eigenvalue weighted by Crippen LogP contribution is 2.61. The minimum Gasteiger partial charge on any atom is -0.315 e. The molecule has 0 saturated heterocycles. The molecule has 0 aliphatic carbocycles. The smallest absolute Gasteiger partial charge is 0.262 e. The van der Waals surface area contributed by atoms with E-state index in [1.165, 1.54) is 54.2 Å². The van der Waals surface area contributed by atoms with Gasteiger partial charge >= 0.3 is 0 Å². The predicted molar refractivity (Wildman–Crippen MR) is 153 cm³/mol. The van der Waals surface area contributed by atoms with Gasteiger partial charge in [0.05, 0.1) is 0 Å². The van der Waals surface area contributed by atoms with E-state index in [1.807, 2.05) is 11.3 Å². The highest BCUT2D eigenvalue weighted by atomic mass is 32.3. The molecule has 0 amide bonds. The maximum atomic E-state index is 2.58. The first-order valence-electron chi connectivity index (χ1n) is 11.9. The summed E-state index contributed by atoms with van der Waals surface area (Å²) in [6.07, 6.45) is 5.02. The van der Waals surface area contributed by atoms with Crippen molar-refractivity contribution in [3.63, 3.8) is 0 Å². The number of nitrogens with zero attached hydrogens (tertiary/aromatic N) is 1. The molecule has 1 nitrogen and oxygen atoms in total. The van der Waals surface area contributed by atoms with Gasteiger partial charge in [-0.15, -0.1) is 11.3 Å². The Kier molecular flexibility index (Phi) is 3.52. The second-order valence-corrected chi connectivity index (χ2v) is 14.8. The third-order valence-electron chi connectivity index (χ3n) is 8.31. The Labute approximate surface area is 205 Å². The molecule has 6 aromatic rings. The average molecular weight is 473 g/mol. The van der Waals surface area contributed by atoms with Crippen molar-refractivity contribution in [2.45, 2.75) is 23.6 Å². The first-order valence-corrected chi connectivity index (χ1v) is 15.2. The van der Waals surface area contributed by atoms with Crippen LogP contribution in [0.1, 0.15) is 11.3 Å². The Hall–Kier alpha value is -2.95. The van der Waals surface area contributed by atoms with Crippen molar-refractivity contribution in [3.8, 4) is 5.69 Å². The van der Waals surface area contributed by atoms with Crippen LogP contribution < -0.4 is 15.7 Å². The third kappa shape index (κ3) is 2.07. The number of benzene rings is 4. The Bertz CT molecular complexity index is 1870. The summed E-state index contributed by atoms with van der Waals surface area (Å²) in [5.41, 5.74) is 8.62. The molecule has 0 radical (unpaired) electrons. The molecule has 4 aromatic carbocycles. The molecule has 0 N–H and O–H groups in total. The van der Waals surface area contributed by atoms with Crippen LogP contribution in [0.2, 0.25) is 0 Å². The Morgan fingerprint density at radius 1 is 0.853 bits per heavy atom. The highest BCUT2D eigenvalue weighted by molar-refractivity contribution is 8.33. The van der Waals surface area contributed by atoms with Gasteiger partial charge in [-0.1, -0.05) is 60.7 Å². The van der Waals surface area contributed by atoms with Crippen molar-refractivity contribution in [1.29, 1.82) is 0 Å². The third-order valence-corrected chi connectivity index (χ3v) is 12.6. The molecule has 0 fully saturated rings. The van der Waals surface area contributed by atoms with Crippen LogP contribution in [-0.2, 0) is 0 Å². The lowest BCUT2D eigenvalue weighted by molar-refractivity contribution is 1.04. The van der Waals surface area contributed by atoms with Crippen molar-refractivity contribution in [3.05, 3.63) is 84.1 Å². The topological polar surface area (TPSA) is 4.93 Å². The number of fused-ring (bicyclic) bond motifs is 8. The largest absolute Gasteiger partial charge is 0.315 e. The fourth-order valence-corrected chi connectivity index (χ4v) is 11.6. The number of hydrogen-bond donors (Lipinski definition) is 0. The summed E-state index contributed by atoms with van der Waals surface area (Å²) >= 11 is 2.03. The molecular weight excluding hydrogens is 449 g/mol. The van der Waals surface area contributed by atoms with Crippen molar-refractivity contribution >= 4 is 75.5 Å². The molecule has 2 aliphatic heterocycles. The van der Waals surface area contributed by atoms with Gasteiger partial charge in [-0.3, -0.25) is 0 Å². The molecule has 4 heterocycles. The monoisotopic (exact) mass is 473 g/mol. The minimum atomic E-state index is -1.14. The van der Waals surface area contributed by atoms with E-state index < -0.39 is 10.0 Å². The summed E-state index contributed by atoms with van der Waals surface area (Å²) in [7, 11) is -1.14. The standard InChI is InChI=1S/C30H24BNS2/c1-17-18(2)32-23-13-9-15-25-27(23)31(22-16-19-10-5-6-11-20(19)26(17)28(22)32)30-29(34(25,3)4)21-12-7-8-14-24(21)33-30/h5-16H,1-4H3. The van der Waals surface area contributed by atoms with Crippen LogP contribution in [0, 0.1) is 13.8 Å². The Balaban J connectivity index is 1.65. The number of aryl methyl sites for hydroxylation is 1. The maximum Gasteiger partial charge on any atom is 0.262 e. The Morgan fingerprint density at radius 3 is 2.47 bits per heavy atom. The zero-order chi connectivity index (χ0) is 22.9. The molecule has 34 heavy (non-hydrogen) atoms. The van der Waals surface area contributed by atoms with Gasteiger partial charge in [0.1, 0.15) is 0 Å². The number of thiophene rings is 1. The zero-order valence-electron chi connectivity index (χ0n) is 19.8. The first kappa shape index (κ1) is 19.4. The van der Waals surface area contributed by atoms with Gasteiger partial charge in [-0.2, -0.15) is 10.0 Å². The average Bonchev–Trinajstić information content (AvgIpc) is 3.36. The summed E-state index contributed by atoms with van der Waals surface area (Å²) in [5.74, 6) is 0. The van der Waals surface area contributed by atoms with Gasteiger partial charge in [0, 0.05) is 37.3 Å². The van der Waals surface area contributed by atoms with E-state index in [2.05, 4.69) is 104 Å². The van der Waals surface area contributed by atoms with Gasteiger partial charge < -0.3 is 4.57 Å². The van der Waals surface area contributed by atoms with E-state index >= 15 is 0 Å². The summed E-state index contributed by atoms with van der Waals surface area (Å²) < 4.78 is 5.57. The van der Waals surface area contributed by atoms with Crippen molar-refractivity contribution < 1.29 is 0 Å². The van der Waals surface area contributed by atoms with Crippen LogP contribution in [0.25, 0.3) is 37.4 Å². The van der Waals surface area contributed by atoms with E-state index in [9.17, 15) is 0 Å². The van der Waals surface area contributed by atoms with Crippen molar-refractivity contribution in [2.75, 3.05) is 12.5 Å². The van der Waals surface area contributed by atoms with Gasteiger partial charge in [0.15, 0.2) is 0 Å². The van der Waals surface area contributed by atoms with Crippen LogP contribution in [0.15, 0.2) is 82.6 Å². The summed E-state index contributed by atoms with van der Waals surface area (Å²) in [6, 6.07) is 27.6. The molecule has 164 valence electrons. The first-order chi connectivity index (χ1) is 16.5. The van der Waals surface area contributed by atoms with E-state index in [-0.39, 0.29) is 0 Å². The minimum absolute atomic E-state index is 0.299. The number of aromatic nitrogens is 1. The fraction of sp³-hybridized carbons (Fsp3) is 0.133. The normalized spacial score (nSPS) is 16.2. The van der Waals surface area contributed by atoms with Crippen LogP contribution in [-0.4, -0.2) is 23.8 Å². The highest BCUT2D eigenvalue weighted by Gasteiger charge is 2.45. The second kappa shape index (κ2) is 6.18. The quantitative estimate of drug-likeness (QED) is 0.230. The summed E-state index contributed by atoms with van der Waals surface area (Å²) in [6.45, 7) is 4.92. The fourth-order valence-electron chi connectivity index (χ4n) is 6.77. The molecule has 4 heteroatoms. The zero-order valence-corrected chi connectivity index (χ0v) is 21.4. The molecule has 2 aromatic heterocycles. The Morgan fingerprint density at radius 2 is 1.62 bits per heavy atom. The maximum absolute atomic E-state index is 2.58. The van der Waals surface area contributed by atoms with E-state index in [0.717, 1.165) is 0 Å². The number of hydrogen-bond acceptors (Lipinski definition) is 1. The lowest BCUT2D eigenvalue weighted by Crippen LogP contribution is -2.59. The van der Waals surface area contributed by atoms with Crippen LogP contribution in [0.5, 0.6) is 0 Å². The molecule has 0 unspecified atom stereocenters.